The van der Waals surface area contributed by atoms with Crippen LogP contribution >= 0.6 is 0 Å². The van der Waals surface area contributed by atoms with Gasteiger partial charge in [0.05, 0.1) is 0 Å². The number of hydrogen-bond acceptors (Lipinski definition) is 1. The Morgan fingerprint density at radius 2 is 2.07 bits per heavy atom. The molecule has 2 aliphatic carbocycles. The van der Waals surface area contributed by atoms with E-state index in [2.05, 4.69) is 18.7 Å². The molecule has 2 fully saturated rings. The zero-order chi connectivity index (χ0) is 10.9. The fourth-order valence-electron chi connectivity index (χ4n) is 2.56. The second-order valence-corrected chi connectivity index (χ2v) is 5.66. The first-order valence-electron chi connectivity index (χ1n) is 6.44. The molecule has 2 aliphatic rings. The minimum absolute atomic E-state index is 0.345. The Morgan fingerprint density at radius 1 is 1.40 bits per heavy atom. The molecule has 0 spiro atoms. The lowest BCUT2D eigenvalue weighted by Gasteiger charge is -2.39. The quantitative estimate of drug-likeness (QED) is 0.681. The summed E-state index contributed by atoms with van der Waals surface area (Å²) in [7, 11) is 0. The maximum absolute atomic E-state index is 12.1. The van der Waals surface area contributed by atoms with Crippen molar-refractivity contribution in [1.29, 1.82) is 0 Å². The second-order valence-electron chi connectivity index (χ2n) is 5.66. The van der Waals surface area contributed by atoms with Gasteiger partial charge in [-0.1, -0.05) is 20.3 Å². The van der Waals surface area contributed by atoms with E-state index in [0.29, 0.717) is 17.4 Å². The lowest BCUT2D eigenvalue weighted by atomic mass is 9.68. The van der Waals surface area contributed by atoms with Crippen molar-refractivity contribution in [3.8, 4) is 0 Å². The topological polar surface area (TPSA) is 20.3 Å². The third kappa shape index (κ3) is 2.53. The van der Waals surface area contributed by atoms with Gasteiger partial charge in [0.25, 0.3) is 0 Å². The van der Waals surface area contributed by atoms with E-state index in [1.165, 1.54) is 32.1 Å². The normalized spacial score (nSPS) is 23.3. The highest BCUT2D eigenvalue weighted by atomic mass is 16.2. The van der Waals surface area contributed by atoms with Gasteiger partial charge >= 0.3 is 0 Å². The summed E-state index contributed by atoms with van der Waals surface area (Å²) in [5.41, 5.74) is 0.345. The molecule has 0 bridgehead atoms. The third-order valence-electron chi connectivity index (χ3n) is 3.91. The van der Waals surface area contributed by atoms with Gasteiger partial charge in [-0.2, -0.15) is 0 Å². The summed E-state index contributed by atoms with van der Waals surface area (Å²) >= 11 is 0. The maximum Gasteiger partial charge on any atom is 0.223 e. The van der Waals surface area contributed by atoms with Crippen LogP contribution in [0.1, 0.15) is 58.8 Å². The fraction of sp³-hybridized carbons (Fsp3) is 0.923. The van der Waals surface area contributed by atoms with Gasteiger partial charge in [0.2, 0.25) is 5.91 Å². The molecular formula is C13H23NO. The largest absolute Gasteiger partial charge is 0.340 e. The first kappa shape index (κ1) is 11.0. The van der Waals surface area contributed by atoms with Gasteiger partial charge in [0, 0.05) is 19.0 Å². The van der Waals surface area contributed by atoms with Crippen molar-refractivity contribution in [1.82, 2.24) is 4.90 Å². The lowest BCUT2D eigenvalue weighted by Crippen LogP contribution is -2.39. The molecule has 0 radical (unpaired) electrons. The number of carbonyl (C=O) groups excluding carboxylic acids is 1. The number of carbonyl (C=O) groups is 1. The zero-order valence-electron chi connectivity index (χ0n) is 10.1. The van der Waals surface area contributed by atoms with E-state index < -0.39 is 0 Å². The molecule has 2 rings (SSSR count). The van der Waals surface area contributed by atoms with Crippen LogP contribution in [0.3, 0.4) is 0 Å². The van der Waals surface area contributed by atoms with Crippen molar-refractivity contribution in [2.24, 2.45) is 5.41 Å². The van der Waals surface area contributed by atoms with Crippen molar-refractivity contribution in [3.05, 3.63) is 0 Å². The predicted octanol–water partition coefficient (Wildman–Crippen LogP) is 2.97. The van der Waals surface area contributed by atoms with Crippen LogP contribution in [0.4, 0.5) is 0 Å². The first-order chi connectivity index (χ1) is 7.14. The van der Waals surface area contributed by atoms with Gasteiger partial charge in [-0.05, 0) is 37.5 Å². The molecule has 0 aromatic rings. The van der Waals surface area contributed by atoms with Crippen LogP contribution in [0.2, 0.25) is 0 Å². The van der Waals surface area contributed by atoms with E-state index in [-0.39, 0.29) is 0 Å². The Morgan fingerprint density at radius 3 is 2.47 bits per heavy atom. The average Bonchev–Trinajstić information content (AvgIpc) is 2.94. The molecule has 15 heavy (non-hydrogen) atoms. The number of nitrogens with zero attached hydrogens (tertiary/aromatic N) is 1. The summed E-state index contributed by atoms with van der Waals surface area (Å²) in [6.45, 7) is 5.40. The number of amides is 1. The molecule has 2 nitrogen and oxygen atoms in total. The van der Waals surface area contributed by atoms with Crippen molar-refractivity contribution < 1.29 is 4.79 Å². The summed E-state index contributed by atoms with van der Waals surface area (Å²) in [4.78, 5) is 14.3. The molecule has 0 heterocycles. The van der Waals surface area contributed by atoms with Crippen LogP contribution in [0, 0.1) is 5.41 Å². The Balaban J connectivity index is 1.86. The molecule has 0 aromatic carbocycles. The molecule has 1 amide bonds. The molecule has 0 N–H and O–H groups in total. The highest BCUT2D eigenvalue weighted by molar-refractivity contribution is 5.77. The smallest absolute Gasteiger partial charge is 0.223 e. The van der Waals surface area contributed by atoms with Gasteiger partial charge in [-0.3, -0.25) is 4.79 Å². The monoisotopic (exact) mass is 209 g/mol. The SMILES string of the molecule is CCCN(C(=O)CC1(C)CCC1)C1CC1. The van der Waals surface area contributed by atoms with Gasteiger partial charge < -0.3 is 4.90 Å². The summed E-state index contributed by atoms with van der Waals surface area (Å²) < 4.78 is 0. The molecule has 2 heteroatoms. The molecule has 86 valence electrons. The minimum Gasteiger partial charge on any atom is -0.340 e. The van der Waals surface area contributed by atoms with Gasteiger partial charge in [-0.25, -0.2) is 0 Å². The van der Waals surface area contributed by atoms with Crippen molar-refractivity contribution in [3.63, 3.8) is 0 Å². The van der Waals surface area contributed by atoms with E-state index in [9.17, 15) is 4.79 Å². The van der Waals surface area contributed by atoms with Gasteiger partial charge in [0.15, 0.2) is 0 Å². The van der Waals surface area contributed by atoms with Crippen molar-refractivity contribution >= 4 is 5.91 Å². The summed E-state index contributed by atoms with van der Waals surface area (Å²) in [5, 5.41) is 0. The molecule has 0 unspecified atom stereocenters. The molecule has 0 aliphatic heterocycles. The van der Waals surface area contributed by atoms with E-state index >= 15 is 0 Å². The van der Waals surface area contributed by atoms with E-state index in [4.69, 9.17) is 0 Å². The Bertz CT molecular complexity index is 241. The fourth-order valence-corrected chi connectivity index (χ4v) is 2.56. The van der Waals surface area contributed by atoms with Crippen molar-refractivity contribution in [2.45, 2.75) is 64.8 Å². The molecule has 0 aromatic heterocycles. The number of rotatable bonds is 5. The van der Waals surface area contributed by atoms with E-state index in [0.717, 1.165) is 19.4 Å². The molecule has 2 saturated carbocycles. The molecule has 0 atom stereocenters. The van der Waals surface area contributed by atoms with Crippen molar-refractivity contribution in [2.75, 3.05) is 6.54 Å². The summed E-state index contributed by atoms with van der Waals surface area (Å²) in [6, 6.07) is 0.598. The van der Waals surface area contributed by atoms with E-state index in [1.807, 2.05) is 0 Å². The van der Waals surface area contributed by atoms with Crippen LogP contribution in [0.15, 0.2) is 0 Å². The van der Waals surface area contributed by atoms with Crippen LogP contribution in [0.5, 0.6) is 0 Å². The standard InChI is InChI=1S/C13H23NO/c1-3-9-14(11-5-6-11)12(15)10-13(2)7-4-8-13/h11H,3-10H2,1-2H3. The number of hydrogen-bond donors (Lipinski definition) is 0. The second kappa shape index (κ2) is 4.15. The Kier molecular flexibility index (Phi) is 3.03. The van der Waals surface area contributed by atoms with Crippen LogP contribution in [-0.2, 0) is 4.79 Å². The third-order valence-corrected chi connectivity index (χ3v) is 3.91. The maximum atomic E-state index is 12.1. The van der Waals surface area contributed by atoms with Crippen LogP contribution in [-0.4, -0.2) is 23.4 Å². The first-order valence-corrected chi connectivity index (χ1v) is 6.44. The molecule has 0 saturated heterocycles. The van der Waals surface area contributed by atoms with Gasteiger partial charge in [-0.15, -0.1) is 0 Å². The average molecular weight is 209 g/mol. The van der Waals surface area contributed by atoms with Crippen LogP contribution < -0.4 is 0 Å². The highest BCUT2D eigenvalue weighted by Crippen LogP contribution is 2.44. The van der Waals surface area contributed by atoms with E-state index in [1.54, 1.807) is 0 Å². The predicted molar refractivity (Wildman–Crippen MR) is 61.6 cm³/mol. The zero-order valence-corrected chi connectivity index (χ0v) is 10.1. The highest BCUT2D eigenvalue weighted by Gasteiger charge is 2.38. The minimum atomic E-state index is 0.345. The Hall–Kier alpha value is -0.530. The lowest BCUT2D eigenvalue weighted by molar-refractivity contribution is -0.135. The van der Waals surface area contributed by atoms with Crippen LogP contribution in [0.25, 0.3) is 0 Å². The summed E-state index contributed by atoms with van der Waals surface area (Å²) in [6.07, 6.45) is 8.20. The van der Waals surface area contributed by atoms with Gasteiger partial charge in [0.1, 0.15) is 0 Å². The summed E-state index contributed by atoms with van der Waals surface area (Å²) in [5.74, 6) is 0.418. The Labute approximate surface area is 93.0 Å². The molecular weight excluding hydrogens is 186 g/mol.